The average molecular weight is 457 g/mol. The van der Waals surface area contributed by atoms with E-state index >= 15 is 0 Å². The number of likely N-dealkylation sites (tertiary alicyclic amines) is 1. The van der Waals surface area contributed by atoms with Gasteiger partial charge in [0.25, 0.3) is 5.91 Å². The second kappa shape index (κ2) is 10.4. The molecule has 2 fully saturated rings. The maximum absolute atomic E-state index is 13.2. The highest BCUT2D eigenvalue weighted by Crippen LogP contribution is 2.36. The minimum absolute atomic E-state index is 0.00000980. The van der Waals surface area contributed by atoms with Gasteiger partial charge in [0.2, 0.25) is 5.91 Å². The number of amides is 2. The second-order valence-corrected chi connectivity index (χ2v) is 9.05. The molecule has 6 nitrogen and oxygen atoms in total. The molecule has 2 aliphatic heterocycles. The first kappa shape index (κ1) is 22.6. The Hall–Kier alpha value is -2.57. The van der Waals surface area contributed by atoms with Crippen LogP contribution in [0.5, 0.6) is 5.75 Å². The number of carbonyl (C=O) groups is 2. The zero-order valence-corrected chi connectivity index (χ0v) is 18.9. The van der Waals surface area contributed by atoms with Gasteiger partial charge in [-0.1, -0.05) is 29.8 Å². The lowest BCUT2D eigenvalue weighted by molar-refractivity contribution is -0.139. The zero-order valence-electron chi connectivity index (χ0n) is 18.2. The summed E-state index contributed by atoms with van der Waals surface area (Å²) >= 11 is 5.99. The van der Waals surface area contributed by atoms with Crippen molar-refractivity contribution in [3.05, 3.63) is 65.2 Å². The topological polar surface area (TPSA) is 59.1 Å². The van der Waals surface area contributed by atoms with Gasteiger partial charge < -0.3 is 19.3 Å². The number of rotatable bonds is 6. The molecule has 0 radical (unpaired) electrons. The van der Waals surface area contributed by atoms with Gasteiger partial charge >= 0.3 is 0 Å². The van der Waals surface area contributed by atoms with Crippen molar-refractivity contribution in [1.29, 1.82) is 0 Å². The monoisotopic (exact) mass is 456 g/mol. The standard InChI is InChI=1S/C25H29ClN2O4/c26-21-7-9-22(10-8-21)32-19-25(17-23(29)27-13-15-31-16-14-27)11-4-12-28(18-25)24(30)20-5-2-1-3-6-20/h1-3,5-10H,4,11-19H2. The summed E-state index contributed by atoms with van der Waals surface area (Å²) in [6, 6.07) is 16.5. The van der Waals surface area contributed by atoms with Crippen LogP contribution in [-0.2, 0) is 9.53 Å². The van der Waals surface area contributed by atoms with E-state index < -0.39 is 5.41 Å². The largest absolute Gasteiger partial charge is 0.493 e. The maximum Gasteiger partial charge on any atom is 0.253 e. The number of piperidine rings is 1. The average Bonchev–Trinajstić information content (AvgIpc) is 2.84. The third kappa shape index (κ3) is 5.61. The van der Waals surface area contributed by atoms with Crippen LogP contribution in [0.2, 0.25) is 5.02 Å². The molecule has 2 aromatic carbocycles. The smallest absolute Gasteiger partial charge is 0.253 e. The molecular weight excluding hydrogens is 428 g/mol. The van der Waals surface area contributed by atoms with Gasteiger partial charge in [0.1, 0.15) is 5.75 Å². The van der Waals surface area contributed by atoms with Gasteiger partial charge in [-0.15, -0.1) is 0 Å². The number of carbonyl (C=O) groups excluding carboxylic acids is 2. The summed E-state index contributed by atoms with van der Waals surface area (Å²) in [5.41, 5.74) is 0.221. The van der Waals surface area contributed by atoms with Crippen molar-refractivity contribution < 1.29 is 19.1 Å². The van der Waals surface area contributed by atoms with E-state index in [-0.39, 0.29) is 11.8 Å². The van der Waals surface area contributed by atoms with E-state index in [2.05, 4.69) is 0 Å². The molecule has 0 aliphatic carbocycles. The lowest BCUT2D eigenvalue weighted by atomic mass is 9.77. The van der Waals surface area contributed by atoms with Crippen LogP contribution in [0.1, 0.15) is 29.6 Å². The Morgan fingerprint density at radius 2 is 1.69 bits per heavy atom. The van der Waals surface area contributed by atoms with Crippen molar-refractivity contribution >= 4 is 23.4 Å². The molecule has 1 atom stereocenters. The Kier molecular flexibility index (Phi) is 7.33. The highest BCUT2D eigenvalue weighted by molar-refractivity contribution is 6.30. The molecule has 32 heavy (non-hydrogen) atoms. The first-order valence-corrected chi connectivity index (χ1v) is 11.5. The normalized spacial score (nSPS) is 21.3. The van der Waals surface area contributed by atoms with Gasteiger partial charge in [-0.2, -0.15) is 0 Å². The number of nitrogens with zero attached hydrogens (tertiary/aromatic N) is 2. The molecule has 2 amide bonds. The zero-order chi connectivity index (χ0) is 22.4. The molecule has 2 heterocycles. The number of benzene rings is 2. The third-order valence-electron chi connectivity index (χ3n) is 6.22. The lowest BCUT2D eigenvalue weighted by Gasteiger charge is -2.43. The molecule has 0 N–H and O–H groups in total. The number of halogens is 1. The first-order chi connectivity index (χ1) is 15.5. The van der Waals surface area contributed by atoms with E-state index in [9.17, 15) is 9.59 Å². The highest BCUT2D eigenvalue weighted by atomic mass is 35.5. The van der Waals surface area contributed by atoms with Crippen molar-refractivity contribution in [2.75, 3.05) is 46.0 Å². The van der Waals surface area contributed by atoms with Crippen LogP contribution in [0.15, 0.2) is 54.6 Å². The van der Waals surface area contributed by atoms with Gasteiger partial charge in [-0.05, 0) is 49.2 Å². The van der Waals surface area contributed by atoms with E-state index in [0.29, 0.717) is 68.8 Å². The SMILES string of the molecule is O=C(CC1(COc2ccc(Cl)cc2)CCCN(C(=O)c2ccccc2)C1)N1CCOCC1. The fraction of sp³-hybridized carbons (Fsp3) is 0.440. The molecule has 4 rings (SSSR count). The minimum Gasteiger partial charge on any atom is -0.493 e. The van der Waals surface area contributed by atoms with Gasteiger partial charge in [0, 0.05) is 48.6 Å². The van der Waals surface area contributed by atoms with E-state index in [1.165, 1.54) is 0 Å². The number of morpholine rings is 1. The summed E-state index contributed by atoms with van der Waals surface area (Å²) < 4.78 is 11.5. The quantitative estimate of drug-likeness (QED) is 0.661. The number of ether oxygens (including phenoxy) is 2. The summed E-state index contributed by atoms with van der Waals surface area (Å²) in [5, 5.41) is 0.645. The van der Waals surface area contributed by atoms with Crippen LogP contribution in [0.25, 0.3) is 0 Å². The third-order valence-corrected chi connectivity index (χ3v) is 6.47. The van der Waals surface area contributed by atoms with E-state index in [4.69, 9.17) is 21.1 Å². The van der Waals surface area contributed by atoms with Gasteiger partial charge in [0.15, 0.2) is 0 Å². The predicted molar refractivity (Wildman–Crippen MR) is 123 cm³/mol. The summed E-state index contributed by atoms with van der Waals surface area (Å²) in [6.07, 6.45) is 2.01. The highest BCUT2D eigenvalue weighted by Gasteiger charge is 2.41. The van der Waals surface area contributed by atoms with Gasteiger partial charge in [-0.3, -0.25) is 9.59 Å². The molecule has 2 saturated heterocycles. The maximum atomic E-state index is 13.2. The van der Waals surface area contributed by atoms with Gasteiger partial charge in [-0.25, -0.2) is 0 Å². The Labute approximate surface area is 194 Å². The fourth-order valence-electron chi connectivity index (χ4n) is 4.47. The van der Waals surface area contributed by atoms with Crippen LogP contribution in [0.4, 0.5) is 0 Å². The molecule has 0 spiro atoms. The molecule has 0 aromatic heterocycles. The first-order valence-electron chi connectivity index (χ1n) is 11.1. The summed E-state index contributed by atoms with van der Waals surface area (Å²) in [7, 11) is 0. The van der Waals surface area contributed by atoms with Crippen molar-refractivity contribution in [1.82, 2.24) is 9.80 Å². The molecule has 0 saturated carbocycles. The molecule has 1 unspecified atom stereocenters. The molecular formula is C25H29ClN2O4. The van der Waals surface area contributed by atoms with Crippen LogP contribution in [0.3, 0.4) is 0 Å². The van der Waals surface area contributed by atoms with Crippen LogP contribution < -0.4 is 4.74 Å². The Morgan fingerprint density at radius 1 is 0.969 bits per heavy atom. The molecule has 7 heteroatoms. The van der Waals surface area contributed by atoms with Gasteiger partial charge in [0.05, 0.1) is 19.8 Å². The van der Waals surface area contributed by atoms with Crippen LogP contribution in [0, 0.1) is 5.41 Å². The van der Waals surface area contributed by atoms with Crippen molar-refractivity contribution in [2.24, 2.45) is 5.41 Å². The summed E-state index contributed by atoms with van der Waals surface area (Å²) in [5.74, 6) is 0.807. The van der Waals surface area contributed by atoms with Crippen LogP contribution in [-0.4, -0.2) is 67.6 Å². The fourth-order valence-corrected chi connectivity index (χ4v) is 4.60. The van der Waals surface area contributed by atoms with Crippen molar-refractivity contribution in [3.8, 4) is 5.75 Å². The lowest BCUT2D eigenvalue weighted by Crippen LogP contribution is -2.52. The molecule has 170 valence electrons. The second-order valence-electron chi connectivity index (χ2n) is 8.61. The number of hydrogen-bond donors (Lipinski definition) is 0. The van der Waals surface area contributed by atoms with E-state index in [1.54, 1.807) is 12.1 Å². The number of hydrogen-bond acceptors (Lipinski definition) is 4. The van der Waals surface area contributed by atoms with E-state index in [1.807, 2.05) is 52.3 Å². The summed E-state index contributed by atoms with van der Waals surface area (Å²) in [6.45, 7) is 3.90. The minimum atomic E-state index is -0.447. The van der Waals surface area contributed by atoms with Crippen LogP contribution >= 0.6 is 11.6 Å². The molecule has 0 bridgehead atoms. The van der Waals surface area contributed by atoms with Crippen molar-refractivity contribution in [2.45, 2.75) is 19.3 Å². The Balaban J connectivity index is 1.52. The van der Waals surface area contributed by atoms with Crippen molar-refractivity contribution in [3.63, 3.8) is 0 Å². The van der Waals surface area contributed by atoms with E-state index in [0.717, 1.165) is 12.8 Å². The molecule has 2 aliphatic rings. The Bertz CT molecular complexity index is 915. The Morgan fingerprint density at radius 3 is 2.41 bits per heavy atom. The predicted octanol–water partition coefficient (Wildman–Crippen LogP) is 3.89. The summed E-state index contributed by atoms with van der Waals surface area (Å²) in [4.78, 5) is 30.1. The molecule has 2 aromatic rings.